The Morgan fingerprint density at radius 3 is 2.76 bits per heavy atom. The van der Waals surface area contributed by atoms with Crippen LogP contribution in [-0.2, 0) is 4.79 Å². The van der Waals surface area contributed by atoms with Gasteiger partial charge in [-0.05, 0) is 24.1 Å². The van der Waals surface area contributed by atoms with E-state index in [0.717, 1.165) is 12.1 Å². The Morgan fingerprint density at radius 1 is 1.47 bits per heavy atom. The summed E-state index contributed by atoms with van der Waals surface area (Å²) in [6.07, 6.45) is 3.95. The van der Waals surface area contributed by atoms with Gasteiger partial charge in [0, 0.05) is 12.7 Å². The number of carbonyl (C=O) groups is 1. The molecule has 0 bridgehead atoms. The summed E-state index contributed by atoms with van der Waals surface area (Å²) in [5.74, 6) is -2.39. The fraction of sp³-hybridized carbons (Fsp3) is 0.250. The lowest BCUT2D eigenvalue weighted by Gasteiger charge is -1.99. The van der Waals surface area contributed by atoms with Crippen LogP contribution in [0, 0.1) is 11.6 Å². The summed E-state index contributed by atoms with van der Waals surface area (Å²) in [5.41, 5.74) is 0.384. The van der Waals surface area contributed by atoms with Crippen LogP contribution in [0.3, 0.4) is 0 Å². The number of hydrogen-bond acceptors (Lipinski definition) is 3. The van der Waals surface area contributed by atoms with Crippen molar-refractivity contribution >= 4 is 23.0 Å². The molecule has 0 saturated heterocycles. The third kappa shape index (κ3) is 4.56. The quantitative estimate of drug-likeness (QED) is 0.841. The van der Waals surface area contributed by atoms with Crippen molar-refractivity contribution in [2.24, 2.45) is 0 Å². The monoisotopic (exact) mass is 258 g/mol. The minimum absolute atomic E-state index is 0.0453. The lowest BCUT2D eigenvalue weighted by molar-refractivity contribution is -0.109. The number of rotatable bonds is 4. The fourth-order valence-electron chi connectivity index (χ4n) is 1.18. The number of aromatic hydroxyl groups is 1. The molecule has 0 unspecified atom stereocenters. The van der Waals surface area contributed by atoms with Crippen LogP contribution >= 0.6 is 11.8 Å². The molecular formula is C12H12F2O2S. The van der Waals surface area contributed by atoms with E-state index in [1.54, 1.807) is 12.2 Å². The molecule has 0 aliphatic carbocycles. The molecule has 1 aromatic carbocycles. The Labute approximate surface area is 102 Å². The molecule has 0 aromatic heterocycles. The third-order valence-corrected chi connectivity index (χ3v) is 2.78. The first-order valence-electron chi connectivity index (χ1n) is 4.98. The molecule has 0 atom stereocenters. The summed E-state index contributed by atoms with van der Waals surface area (Å²) in [6.45, 7) is 1.49. The van der Waals surface area contributed by atoms with Gasteiger partial charge in [0.15, 0.2) is 22.5 Å². The van der Waals surface area contributed by atoms with Crippen LogP contribution in [0.2, 0.25) is 0 Å². The van der Waals surface area contributed by atoms with Crippen molar-refractivity contribution in [1.29, 1.82) is 0 Å². The van der Waals surface area contributed by atoms with E-state index < -0.39 is 17.4 Å². The molecule has 0 heterocycles. The second-order valence-electron chi connectivity index (χ2n) is 3.37. The summed E-state index contributed by atoms with van der Waals surface area (Å²) < 4.78 is 25.7. The van der Waals surface area contributed by atoms with E-state index in [-0.39, 0.29) is 5.12 Å². The van der Waals surface area contributed by atoms with E-state index in [1.807, 2.05) is 0 Å². The lowest BCUT2D eigenvalue weighted by Crippen LogP contribution is -1.86. The first kappa shape index (κ1) is 13.7. The van der Waals surface area contributed by atoms with Gasteiger partial charge in [0.1, 0.15) is 0 Å². The highest BCUT2D eigenvalue weighted by molar-refractivity contribution is 8.13. The highest BCUT2D eigenvalue weighted by Gasteiger charge is 2.07. The van der Waals surface area contributed by atoms with E-state index in [0.29, 0.717) is 17.7 Å². The number of allylic oxidation sites excluding steroid dienone is 1. The predicted molar refractivity (Wildman–Crippen MR) is 64.8 cm³/mol. The van der Waals surface area contributed by atoms with Crippen molar-refractivity contribution < 1.29 is 18.7 Å². The van der Waals surface area contributed by atoms with Gasteiger partial charge in [0.05, 0.1) is 0 Å². The lowest BCUT2D eigenvalue weighted by atomic mass is 10.2. The normalized spacial score (nSPS) is 11.0. The molecule has 17 heavy (non-hydrogen) atoms. The molecule has 0 spiro atoms. The summed E-state index contributed by atoms with van der Waals surface area (Å²) in [4.78, 5) is 10.6. The molecule has 0 radical (unpaired) electrons. The Bertz CT molecular complexity index is 421. The molecule has 0 amide bonds. The number of phenolic OH excluding ortho intramolecular Hbond substituents is 1. The average molecular weight is 258 g/mol. The second kappa shape index (κ2) is 6.39. The van der Waals surface area contributed by atoms with Crippen LogP contribution in [0.5, 0.6) is 5.75 Å². The van der Waals surface area contributed by atoms with Crippen molar-refractivity contribution in [2.45, 2.75) is 13.3 Å². The Morgan fingerprint density at radius 2 is 2.18 bits per heavy atom. The molecule has 1 rings (SSSR count). The molecule has 1 N–H and O–H groups in total. The highest BCUT2D eigenvalue weighted by Crippen LogP contribution is 2.21. The van der Waals surface area contributed by atoms with Gasteiger partial charge < -0.3 is 5.11 Å². The minimum Gasteiger partial charge on any atom is -0.505 e. The SMILES string of the molecule is CC(=O)SCCC=Cc1cc(O)c(F)c(F)c1. The number of carbonyl (C=O) groups excluding carboxylic acids is 1. The van der Waals surface area contributed by atoms with Crippen LogP contribution in [0.1, 0.15) is 18.9 Å². The highest BCUT2D eigenvalue weighted by atomic mass is 32.2. The molecular weight excluding hydrogens is 246 g/mol. The van der Waals surface area contributed by atoms with E-state index in [4.69, 9.17) is 5.11 Å². The molecule has 92 valence electrons. The van der Waals surface area contributed by atoms with Crippen molar-refractivity contribution in [1.82, 2.24) is 0 Å². The van der Waals surface area contributed by atoms with E-state index >= 15 is 0 Å². The standard InChI is InChI=1S/C12H12F2O2S/c1-8(15)17-5-3-2-4-9-6-10(13)12(14)11(16)7-9/h2,4,6-7,16H,3,5H2,1H3. The Hall–Kier alpha value is -1.36. The van der Waals surface area contributed by atoms with Crippen molar-refractivity contribution in [3.05, 3.63) is 35.4 Å². The van der Waals surface area contributed by atoms with Gasteiger partial charge in [-0.3, -0.25) is 4.79 Å². The number of halogens is 2. The van der Waals surface area contributed by atoms with E-state index in [9.17, 15) is 13.6 Å². The first-order chi connectivity index (χ1) is 8.00. The van der Waals surface area contributed by atoms with Crippen LogP contribution in [0.4, 0.5) is 8.78 Å². The van der Waals surface area contributed by atoms with Gasteiger partial charge in [-0.25, -0.2) is 4.39 Å². The minimum atomic E-state index is -1.24. The number of thioether (sulfide) groups is 1. The van der Waals surface area contributed by atoms with Gasteiger partial charge in [-0.15, -0.1) is 0 Å². The zero-order valence-electron chi connectivity index (χ0n) is 9.24. The number of phenols is 1. The van der Waals surface area contributed by atoms with Crippen molar-refractivity contribution in [3.8, 4) is 5.75 Å². The maximum Gasteiger partial charge on any atom is 0.200 e. The number of benzene rings is 1. The van der Waals surface area contributed by atoms with Crippen LogP contribution in [-0.4, -0.2) is 16.0 Å². The average Bonchev–Trinajstić information content (AvgIpc) is 2.25. The van der Waals surface area contributed by atoms with Crippen LogP contribution in [0.25, 0.3) is 6.08 Å². The first-order valence-corrected chi connectivity index (χ1v) is 5.97. The zero-order valence-corrected chi connectivity index (χ0v) is 10.1. The number of hydrogen-bond donors (Lipinski definition) is 1. The summed E-state index contributed by atoms with van der Waals surface area (Å²) in [5, 5.41) is 9.10. The fourth-order valence-corrected chi connectivity index (χ4v) is 1.72. The van der Waals surface area contributed by atoms with Gasteiger partial charge in [0.25, 0.3) is 0 Å². The smallest absolute Gasteiger partial charge is 0.200 e. The topological polar surface area (TPSA) is 37.3 Å². The molecule has 1 aromatic rings. The Kier molecular flexibility index (Phi) is 5.15. The molecule has 5 heteroatoms. The predicted octanol–water partition coefficient (Wildman–Crippen LogP) is 3.35. The van der Waals surface area contributed by atoms with Gasteiger partial charge in [-0.2, -0.15) is 4.39 Å². The maximum atomic E-state index is 12.9. The Balaban J connectivity index is 2.57. The summed E-state index contributed by atoms with van der Waals surface area (Å²) >= 11 is 1.20. The van der Waals surface area contributed by atoms with Crippen LogP contribution in [0.15, 0.2) is 18.2 Å². The molecule has 2 nitrogen and oxygen atoms in total. The van der Waals surface area contributed by atoms with E-state index in [2.05, 4.69) is 0 Å². The van der Waals surface area contributed by atoms with Gasteiger partial charge in [-0.1, -0.05) is 23.9 Å². The zero-order chi connectivity index (χ0) is 12.8. The summed E-state index contributed by atoms with van der Waals surface area (Å²) in [7, 11) is 0. The van der Waals surface area contributed by atoms with Gasteiger partial charge >= 0.3 is 0 Å². The van der Waals surface area contributed by atoms with Crippen LogP contribution < -0.4 is 0 Å². The second-order valence-corrected chi connectivity index (χ2v) is 4.64. The molecule has 0 aliphatic rings. The third-order valence-electron chi connectivity index (χ3n) is 1.93. The molecule has 0 saturated carbocycles. The maximum absolute atomic E-state index is 12.9. The largest absolute Gasteiger partial charge is 0.505 e. The van der Waals surface area contributed by atoms with E-state index in [1.165, 1.54) is 18.7 Å². The van der Waals surface area contributed by atoms with Crippen molar-refractivity contribution in [3.63, 3.8) is 0 Å². The van der Waals surface area contributed by atoms with Gasteiger partial charge in [0.2, 0.25) is 0 Å². The summed E-state index contributed by atoms with van der Waals surface area (Å²) in [6, 6.07) is 2.15. The molecule has 0 fully saturated rings. The van der Waals surface area contributed by atoms with Crippen molar-refractivity contribution in [2.75, 3.05) is 5.75 Å². The molecule has 0 aliphatic heterocycles.